The first-order valence-corrected chi connectivity index (χ1v) is 11.5. The minimum Gasteiger partial charge on any atom is -0.492 e. The van der Waals surface area contributed by atoms with Crippen LogP contribution < -0.4 is 9.64 Å². The molecule has 3 aromatic carbocycles. The van der Waals surface area contributed by atoms with Gasteiger partial charge in [0.25, 0.3) is 0 Å². The molecule has 1 atom stereocenters. The first kappa shape index (κ1) is 22.2. The predicted molar refractivity (Wildman–Crippen MR) is 127 cm³/mol. The van der Waals surface area contributed by atoms with Crippen LogP contribution in [-0.2, 0) is 14.3 Å². The second-order valence-electron chi connectivity index (χ2n) is 7.45. The number of hydrogen-bond donors (Lipinski definition) is 0. The van der Waals surface area contributed by atoms with Crippen molar-refractivity contribution in [2.45, 2.75) is 29.2 Å². The molecule has 1 aliphatic heterocycles. The fraction of sp³-hybridized carbons (Fsp3) is 0.269. The number of carbonyl (C=O) groups is 1. The quantitative estimate of drug-likeness (QED) is 0.373. The van der Waals surface area contributed by atoms with Crippen molar-refractivity contribution < 1.29 is 19.0 Å². The van der Waals surface area contributed by atoms with Gasteiger partial charge in [-0.05, 0) is 48.9 Å². The van der Waals surface area contributed by atoms with Gasteiger partial charge in [-0.1, -0.05) is 48.2 Å². The van der Waals surface area contributed by atoms with Gasteiger partial charge in [-0.2, -0.15) is 0 Å². The fourth-order valence-electron chi connectivity index (χ4n) is 3.63. The van der Waals surface area contributed by atoms with Gasteiger partial charge in [0, 0.05) is 9.79 Å². The molecule has 5 nitrogen and oxygen atoms in total. The van der Waals surface area contributed by atoms with Crippen LogP contribution in [0.4, 0.5) is 11.4 Å². The summed E-state index contributed by atoms with van der Waals surface area (Å²) in [5.41, 5.74) is 3.47. The number of para-hydroxylation sites is 2. The summed E-state index contributed by atoms with van der Waals surface area (Å²) in [5, 5.41) is 0. The second kappa shape index (κ2) is 10.6. The summed E-state index contributed by atoms with van der Waals surface area (Å²) in [5.74, 6) is 0.557. The zero-order valence-corrected chi connectivity index (χ0v) is 19.1. The lowest BCUT2D eigenvalue weighted by molar-refractivity contribution is -0.142. The zero-order chi connectivity index (χ0) is 22.3. The Hall–Kier alpha value is -2.96. The summed E-state index contributed by atoms with van der Waals surface area (Å²) in [6.07, 6.45) is 0.149. The highest BCUT2D eigenvalue weighted by molar-refractivity contribution is 7.99. The minimum absolute atomic E-state index is 0.104. The zero-order valence-electron chi connectivity index (χ0n) is 18.3. The number of ether oxygens (including phenoxy) is 3. The first-order chi connectivity index (χ1) is 15.7. The molecule has 1 heterocycles. The summed E-state index contributed by atoms with van der Waals surface area (Å²) in [6, 6.07) is 24.9. The van der Waals surface area contributed by atoms with E-state index >= 15 is 0 Å². The summed E-state index contributed by atoms with van der Waals surface area (Å²) in [6.45, 7) is 3.63. The topological polar surface area (TPSA) is 48.0 Å². The van der Waals surface area contributed by atoms with Crippen molar-refractivity contribution in [1.29, 1.82) is 0 Å². The Balaban J connectivity index is 1.34. The lowest BCUT2D eigenvalue weighted by Gasteiger charge is -2.32. The van der Waals surface area contributed by atoms with E-state index in [1.165, 1.54) is 28.3 Å². The molecule has 4 rings (SSSR count). The van der Waals surface area contributed by atoms with Gasteiger partial charge in [0.15, 0.2) is 0 Å². The molecule has 0 N–H and O–H groups in total. The SMILES string of the molecule is COC(=O)CCOC(C)c1ccc(OCCN2c3ccccc3Sc3ccccc32)cc1. The van der Waals surface area contributed by atoms with Gasteiger partial charge in [0.2, 0.25) is 0 Å². The molecule has 0 aromatic heterocycles. The Kier molecular flexibility index (Phi) is 7.35. The van der Waals surface area contributed by atoms with E-state index in [1.807, 2.05) is 43.0 Å². The summed E-state index contributed by atoms with van der Waals surface area (Å²) in [7, 11) is 1.38. The summed E-state index contributed by atoms with van der Waals surface area (Å²) in [4.78, 5) is 16.1. The van der Waals surface area contributed by atoms with Crippen LogP contribution in [0.5, 0.6) is 5.75 Å². The molecular formula is C26H27NO4S. The van der Waals surface area contributed by atoms with Gasteiger partial charge in [0.1, 0.15) is 12.4 Å². The molecule has 0 radical (unpaired) electrons. The van der Waals surface area contributed by atoms with E-state index in [0.717, 1.165) is 17.9 Å². The van der Waals surface area contributed by atoms with Crippen LogP contribution in [0, 0.1) is 0 Å². The van der Waals surface area contributed by atoms with E-state index in [4.69, 9.17) is 9.47 Å². The number of benzene rings is 3. The number of nitrogens with zero attached hydrogens (tertiary/aromatic N) is 1. The van der Waals surface area contributed by atoms with Gasteiger partial charge < -0.3 is 19.1 Å². The van der Waals surface area contributed by atoms with Crippen LogP contribution in [0.15, 0.2) is 82.6 Å². The van der Waals surface area contributed by atoms with E-state index in [1.54, 1.807) is 0 Å². The lowest BCUT2D eigenvalue weighted by Crippen LogP contribution is -2.26. The Morgan fingerprint density at radius 1 is 0.906 bits per heavy atom. The van der Waals surface area contributed by atoms with Crippen LogP contribution in [0.25, 0.3) is 0 Å². The molecule has 0 saturated heterocycles. The molecule has 1 unspecified atom stereocenters. The molecule has 166 valence electrons. The third-order valence-corrected chi connectivity index (χ3v) is 6.50. The van der Waals surface area contributed by atoms with Crippen molar-refractivity contribution in [3.8, 4) is 5.75 Å². The molecular weight excluding hydrogens is 422 g/mol. The number of esters is 1. The monoisotopic (exact) mass is 449 g/mol. The Morgan fingerprint density at radius 2 is 1.53 bits per heavy atom. The van der Waals surface area contributed by atoms with Crippen molar-refractivity contribution in [3.05, 3.63) is 78.4 Å². The molecule has 0 saturated carbocycles. The van der Waals surface area contributed by atoms with Gasteiger partial charge in [-0.25, -0.2) is 0 Å². The smallest absolute Gasteiger partial charge is 0.307 e. The highest BCUT2D eigenvalue weighted by atomic mass is 32.2. The average Bonchev–Trinajstić information content (AvgIpc) is 2.83. The van der Waals surface area contributed by atoms with E-state index in [2.05, 4.69) is 58.2 Å². The molecule has 32 heavy (non-hydrogen) atoms. The maximum absolute atomic E-state index is 11.2. The maximum Gasteiger partial charge on any atom is 0.307 e. The summed E-state index contributed by atoms with van der Waals surface area (Å²) < 4.78 is 16.4. The molecule has 6 heteroatoms. The molecule has 0 amide bonds. The normalized spacial score (nSPS) is 13.1. The van der Waals surface area contributed by atoms with E-state index in [-0.39, 0.29) is 18.5 Å². The number of methoxy groups -OCH3 is 1. The van der Waals surface area contributed by atoms with Crippen LogP contribution >= 0.6 is 11.8 Å². The van der Waals surface area contributed by atoms with Crippen molar-refractivity contribution >= 4 is 29.1 Å². The van der Waals surface area contributed by atoms with Crippen molar-refractivity contribution in [2.24, 2.45) is 0 Å². The van der Waals surface area contributed by atoms with Gasteiger partial charge in [-0.3, -0.25) is 4.79 Å². The van der Waals surface area contributed by atoms with Crippen molar-refractivity contribution in [3.63, 3.8) is 0 Å². The van der Waals surface area contributed by atoms with E-state index in [0.29, 0.717) is 13.2 Å². The van der Waals surface area contributed by atoms with Gasteiger partial charge >= 0.3 is 5.97 Å². The number of carbonyl (C=O) groups excluding carboxylic acids is 1. The Bertz CT molecular complexity index is 1010. The third kappa shape index (κ3) is 5.26. The largest absolute Gasteiger partial charge is 0.492 e. The van der Waals surface area contributed by atoms with Crippen LogP contribution in [0.2, 0.25) is 0 Å². The maximum atomic E-state index is 11.2. The predicted octanol–water partition coefficient (Wildman–Crippen LogP) is 6.01. The molecule has 3 aromatic rings. The first-order valence-electron chi connectivity index (χ1n) is 10.7. The van der Waals surface area contributed by atoms with Crippen molar-refractivity contribution in [1.82, 2.24) is 0 Å². The van der Waals surface area contributed by atoms with Gasteiger partial charge in [-0.15, -0.1) is 0 Å². The van der Waals surface area contributed by atoms with Crippen molar-refractivity contribution in [2.75, 3.05) is 31.8 Å². The number of rotatable bonds is 9. The molecule has 1 aliphatic rings. The van der Waals surface area contributed by atoms with Crippen LogP contribution in [0.1, 0.15) is 25.0 Å². The second-order valence-corrected chi connectivity index (χ2v) is 8.53. The fourth-order valence-corrected chi connectivity index (χ4v) is 4.72. The average molecular weight is 450 g/mol. The standard InChI is InChI=1S/C26H27NO4S/c1-19(30-17-15-26(28)29-2)20-11-13-21(14-12-20)31-18-16-27-22-7-3-5-9-24(22)32-25-10-6-4-8-23(25)27/h3-14,19H,15-18H2,1-2H3. The Morgan fingerprint density at radius 3 is 2.16 bits per heavy atom. The van der Waals surface area contributed by atoms with Gasteiger partial charge in [0.05, 0.1) is 44.2 Å². The Labute approximate surface area is 193 Å². The molecule has 0 aliphatic carbocycles. The third-order valence-electron chi connectivity index (χ3n) is 5.37. The lowest BCUT2D eigenvalue weighted by atomic mass is 10.1. The van der Waals surface area contributed by atoms with Crippen LogP contribution in [0.3, 0.4) is 0 Å². The minimum atomic E-state index is -0.265. The molecule has 0 fully saturated rings. The number of fused-ring (bicyclic) bond motifs is 2. The van der Waals surface area contributed by atoms with Crippen LogP contribution in [-0.4, -0.2) is 32.8 Å². The highest BCUT2D eigenvalue weighted by Crippen LogP contribution is 2.47. The number of hydrogen-bond acceptors (Lipinski definition) is 6. The van der Waals surface area contributed by atoms with E-state index in [9.17, 15) is 4.79 Å². The highest BCUT2D eigenvalue weighted by Gasteiger charge is 2.22. The molecule has 0 bridgehead atoms. The van der Waals surface area contributed by atoms with E-state index < -0.39 is 0 Å². The summed E-state index contributed by atoms with van der Waals surface area (Å²) >= 11 is 1.81. The molecule has 0 spiro atoms. The number of anilines is 2.